The van der Waals surface area contributed by atoms with Gasteiger partial charge in [0.05, 0.1) is 0 Å². The lowest BCUT2D eigenvalue weighted by molar-refractivity contribution is 0.711. The molecule has 1 aliphatic rings. The summed E-state index contributed by atoms with van der Waals surface area (Å²) in [5, 5.41) is 9.87. The van der Waals surface area contributed by atoms with Gasteiger partial charge in [-0.25, -0.2) is 0 Å². The molecule has 0 bridgehead atoms. The van der Waals surface area contributed by atoms with Gasteiger partial charge in [-0.1, -0.05) is 31.9 Å². The maximum absolute atomic E-state index is 4.04. The predicted octanol–water partition coefficient (Wildman–Crippen LogP) is 1.11. The van der Waals surface area contributed by atoms with E-state index < -0.39 is 0 Å². The molecule has 0 aliphatic carbocycles. The van der Waals surface area contributed by atoms with Crippen LogP contribution in [-0.4, -0.2) is 0 Å². The van der Waals surface area contributed by atoms with Gasteiger partial charge in [0, 0.05) is 0 Å². The Morgan fingerprint density at radius 3 is 2.93 bits per heavy atom. The Morgan fingerprint density at radius 2 is 2.07 bits per heavy atom. The summed E-state index contributed by atoms with van der Waals surface area (Å²) < 4.78 is 0. The minimum atomic E-state index is 0.916. The van der Waals surface area contributed by atoms with E-state index in [0.29, 0.717) is 0 Å². The van der Waals surface area contributed by atoms with Crippen molar-refractivity contribution in [2.45, 2.75) is 32.6 Å². The molecule has 3 heteroatoms. The molecule has 0 spiro atoms. The molecular formula is C11H14N3. The average molecular weight is 188 g/mol. The van der Waals surface area contributed by atoms with Crippen molar-refractivity contribution in [3.8, 4) is 0 Å². The Labute approximate surface area is 83.5 Å². The van der Waals surface area contributed by atoms with E-state index in [4.69, 9.17) is 0 Å². The first-order valence-electron chi connectivity index (χ1n) is 5.15. The van der Waals surface area contributed by atoms with Crippen molar-refractivity contribution in [2.24, 2.45) is 10.2 Å². The SMILES string of the molecule is CCCCCc1cccc2c1=N[N]N=2. The van der Waals surface area contributed by atoms with E-state index in [2.05, 4.69) is 28.7 Å². The van der Waals surface area contributed by atoms with Gasteiger partial charge in [-0.3, -0.25) is 0 Å². The third-order valence-corrected chi connectivity index (χ3v) is 2.45. The first kappa shape index (κ1) is 9.19. The smallest absolute Gasteiger partial charge is 0.118 e. The molecule has 0 unspecified atom stereocenters. The van der Waals surface area contributed by atoms with Crippen molar-refractivity contribution in [3.63, 3.8) is 0 Å². The highest BCUT2D eigenvalue weighted by Gasteiger charge is 2.03. The summed E-state index contributed by atoms with van der Waals surface area (Å²) in [5.41, 5.74) is 4.97. The molecule has 1 aromatic rings. The Kier molecular flexibility index (Phi) is 2.77. The first-order valence-corrected chi connectivity index (χ1v) is 5.15. The molecule has 1 aromatic carbocycles. The molecule has 0 atom stereocenters. The third-order valence-electron chi connectivity index (χ3n) is 2.45. The summed E-state index contributed by atoms with van der Waals surface area (Å²) in [5.74, 6) is 0. The van der Waals surface area contributed by atoms with Crippen LogP contribution >= 0.6 is 0 Å². The van der Waals surface area contributed by atoms with Crippen LogP contribution in [0, 0.1) is 0 Å². The Balaban J connectivity index is 2.20. The quantitative estimate of drug-likeness (QED) is 0.635. The third kappa shape index (κ3) is 1.76. The van der Waals surface area contributed by atoms with Crippen LogP contribution < -0.4 is 16.2 Å². The van der Waals surface area contributed by atoms with Crippen molar-refractivity contribution in [1.82, 2.24) is 5.53 Å². The number of nitrogens with zero attached hydrogens (tertiary/aromatic N) is 3. The molecule has 0 saturated carbocycles. The van der Waals surface area contributed by atoms with Crippen molar-refractivity contribution in [1.29, 1.82) is 0 Å². The van der Waals surface area contributed by atoms with Gasteiger partial charge in [-0.05, 0) is 30.0 Å². The van der Waals surface area contributed by atoms with Crippen LogP contribution in [0.2, 0.25) is 0 Å². The van der Waals surface area contributed by atoms with E-state index in [1.54, 1.807) is 0 Å². The molecule has 0 saturated heterocycles. The van der Waals surface area contributed by atoms with Crippen molar-refractivity contribution >= 4 is 0 Å². The molecule has 1 heterocycles. The fraction of sp³-hybridized carbons (Fsp3) is 0.455. The molecule has 3 nitrogen and oxygen atoms in total. The van der Waals surface area contributed by atoms with E-state index in [0.717, 1.165) is 17.1 Å². The summed E-state index contributed by atoms with van der Waals surface area (Å²) >= 11 is 0. The highest BCUT2D eigenvalue weighted by Crippen LogP contribution is 2.01. The van der Waals surface area contributed by atoms with Crippen LogP contribution in [0.1, 0.15) is 31.7 Å². The number of aryl methyl sites for hydroxylation is 1. The fourth-order valence-electron chi connectivity index (χ4n) is 1.66. The van der Waals surface area contributed by atoms with Gasteiger partial charge in [0.2, 0.25) is 0 Å². The number of hydrogen-bond acceptors (Lipinski definition) is 2. The van der Waals surface area contributed by atoms with Crippen molar-refractivity contribution in [3.05, 3.63) is 34.5 Å². The zero-order chi connectivity index (χ0) is 9.80. The molecule has 0 aromatic heterocycles. The lowest BCUT2D eigenvalue weighted by Gasteiger charge is -1.98. The standard InChI is InChI=1S/C11H14N3/c1-2-3-4-6-9-7-5-8-10-11(9)13-14-12-10/h5,7-8H,2-4,6H2,1H3. The van der Waals surface area contributed by atoms with Gasteiger partial charge < -0.3 is 0 Å². The molecule has 0 amide bonds. The summed E-state index contributed by atoms with van der Waals surface area (Å²) in [6.07, 6.45) is 4.84. The van der Waals surface area contributed by atoms with Crippen molar-refractivity contribution in [2.75, 3.05) is 0 Å². The van der Waals surface area contributed by atoms with Gasteiger partial charge in [0.15, 0.2) is 0 Å². The molecule has 1 radical (unpaired) electrons. The number of hydrogen-bond donors (Lipinski definition) is 0. The second-order valence-corrected chi connectivity index (χ2v) is 3.53. The van der Waals surface area contributed by atoms with Gasteiger partial charge in [0.25, 0.3) is 0 Å². The maximum atomic E-state index is 4.04. The van der Waals surface area contributed by atoms with Crippen LogP contribution in [-0.2, 0) is 6.42 Å². The molecule has 0 fully saturated rings. The predicted molar refractivity (Wildman–Crippen MR) is 54.1 cm³/mol. The number of benzene rings is 1. The average Bonchev–Trinajstić information content (AvgIpc) is 2.67. The highest BCUT2D eigenvalue weighted by molar-refractivity contribution is 5.15. The molecule has 73 valence electrons. The number of unbranched alkanes of at least 4 members (excludes halogenated alkanes) is 2. The van der Waals surface area contributed by atoms with Crippen LogP contribution in [0.25, 0.3) is 0 Å². The zero-order valence-corrected chi connectivity index (χ0v) is 8.40. The largest absolute Gasteiger partial charge is 0.128 e. The summed E-state index contributed by atoms with van der Waals surface area (Å²) in [6, 6.07) is 6.10. The van der Waals surface area contributed by atoms with Crippen LogP contribution in [0.3, 0.4) is 0 Å². The van der Waals surface area contributed by atoms with E-state index in [1.807, 2.05) is 12.1 Å². The Bertz CT molecular complexity index is 423. The van der Waals surface area contributed by atoms with E-state index >= 15 is 0 Å². The monoisotopic (exact) mass is 188 g/mol. The molecule has 2 rings (SSSR count). The van der Waals surface area contributed by atoms with E-state index in [1.165, 1.54) is 24.8 Å². The van der Waals surface area contributed by atoms with Gasteiger partial charge >= 0.3 is 0 Å². The molecule has 14 heavy (non-hydrogen) atoms. The molecule has 1 aliphatic heterocycles. The lowest BCUT2D eigenvalue weighted by Crippen LogP contribution is -2.25. The summed E-state index contributed by atoms with van der Waals surface area (Å²) in [6.45, 7) is 2.21. The first-order chi connectivity index (χ1) is 6.92. The minimum absolute atomic E-state index is 0.916. The molecular weight excluding hydrogens is 174 g/mol. The maximum Gasteiger partial charge on any atom is 0.118 e. The van der Waals surface area contributed by atoms with Gasteiger partial charge in [0.1, 0.15) is 10.7 Å². The van der Waals surface area contributed by atoms with Crippen LogP contribution in [0.4, 0.5) is 0 Å². The number of rotatable bonds is 4. The topological polar surface area (TPSA) is 38.8 Å². The van der Waals surface area contributed by atoms with Crippen LogP contribution in [0.5, 0.6) is 0 Å². The molecule has 0 N–H and O–H groups in total. The van der Waals surface area contributed by atoms with Crippen molar-refractivity contribution < 1.29 is 0 Å². The van der Waals surface area contributed by atoms with Gasteiger partial charge in [-0.2, -0.15) is 0 Å². The van der Waals surface area contributed by atoms with E-state index in [9.17, 15) is 0 Å². The lowest BCUT2D eigenvalue weighted by atomic mass is 10.1. The fourth-order valence-corrected chi connectivity index (χ4v) is 1.66. The van der Waals surface area contributed by atoms with E-state index in [-0.39, 0.29) is 0 Å². The minimum Gasteiger partial charge on any atom is -0.128 e. The zero-order valence-electron chi connectivity index (χ0n) is 8.40. The Morgan fingerprint density at radius 1 is 1.14 bits per heavy atom. The summed E-state index contributed by atoms with van der Waals surface area (Å²) in [4.78, 5) is 0. The van der Waals surface area contributed by atoms with Crippen LogP contribution in [0.15, 0.2) is 28.4 Å². The van der Waals surface area contributed by atoms with Gasteiger partial charge in [-0.15, -0.1) is 10.2 Å². The highest BCUT2D eigenvalue weighted by atomic mass is 15.5. The Hall–Kier alpha value is -1.38. The number of fused-ring (bicyclic) bond motifs is 1. The normalized spacial score (nSPS) is 12.6. The second kappa shape index (κ2) is 4.22. The second-order valence-electron chi connectivity index (χ2n) is 3.53. The summed E-state index contributed by atoms with van der Waals surface area (Å²) in [7, 11) is 0.